The maximum atomic E-state index is 14.0. The molecule has 0 spiro atoms. The predicted octanol–water partition coefficient (Wildman–Crippen LogP) is 8.66. The van der Waals surface area contributed by atoms with Crippen LogP contribution in [-0.2, 0) is 6.42 Å². The number of aryl methyl sites for hydroxylation is 1. The predicted molar refractivity (Wildman–Crippen MR) is 126 cm³/mol. The van der Waals surface area contributed by atoms with Gasteiger partial charge in [0.25, 0.3) is 0 Å². The highest BCUT2D eigenvalue weighted by Crippen LogP contribution is 2.37. The fourth-order valence-corrected chi connectivity index (χ4v) is 5.48. The molecule has 1 fully saturated rings. The summed E-state index contributed by atoms with van der Waals surface area (Å²) in [6, 6.07) is 5.43. The van der Waals surface area contributed by atoms with E-state index in [1.807, 2.05) is 13.0 Å². The van der Waals surface area contributed by atoms with Crippen molar-refractivity contribution in [2.45, 2.75) is 104 Å². The van der Waals surface area contributed by atoms with Gasteiger partial charge in [0.2, 0.25) is 0 Å². The van der Waals surface area contributed by atoms with Crippen LogP contribution in [0.4, 0.5) is 4.39 Å². The van der Waals surface area contributed by atoms with Crippen molar-refractivity contribution in [2.75, 3.05) is 6.61 Å². The van der Waals surface area contributed by atoms with E-state index >= 15 is 0 Å². The van der Waals surface area contributed by atoms with Crippen molar-refractivity contribution in [2.24, 2.45) is 17.8 Å². The van der Waals surface area contributed by atoms with Gasteiger partial charge in [-0.1, -0.05) is 76.0 Å². The first-order valence-electron chi connectivity index (χ1n) is 12.8. The summed E-state index contributed by atoms with van der Waals surface area (Å²) >= 11 is 0. The van der Waals surface area contributed by atoms with Gasteiger partial charge in [-0.05, 0) is 80.9 Å². The van der Waals surface area contributed by atoms with Gasteiger partial charge in [0.05, 0.1) is 6.61 Å². The van der Waals surface area contributed by atoms with Gasteiger partial charge in [0.15, 0.2) is 11.6 Å². The molecule has 0 amide bonds. The quantitative estimate of drug-likeness (QED) is 0.329. The normalized spacial score (nSPS) is 24.5. The highest BCUT2D eigenvalue weighted by Gasteiger charge is 2.22. The van der Waals surface area contributed by atoms with E-state index < -0.39 is 0 Å². The van der Waals surface area contributed by atoms with Gasteiger partial charge < -0.3 is 4.74 Å². The molecular weight excluding hydrogens is 371 g/mol. The summed E-state index contributed by atoms with van der Waals surface area (Å²) < 4.78 is 19.3. The lowest BCUT2D eigenvalue weighted by atomic mass is 9.76. The maximum Gasteiger partial charge on any atom is 0.165 e. The summed E-state index contributed by atoms with van der Waals surface area (Å²) in [4.78, 5) is 0. The highest BCUT2D eigenvalue weighted by atomic mass is 19.1. The molecule has 2 aliphatic rings. The Labute approximate surface area is 184 Å². The Morgan fingerprint density at radius 1 is 0.900 bits per heavy atom. The molecule has 3 rings (SSSR count). The van der Waals surface area contributed by atoms with Gasteiger partial charge in [-0.3, -0.25) is 0 Å². The molecule has 1 aromatic rings. The van der Waals surface area contributed by atoms with Crippen LogP contribution in [0.1, 0.15) is 103 Å². The van der Waals surface area contributed by atoms with E-state index in [2.05, 4.69) is 13.0 Å². The summed E-state index contributed by atoms with van der Waals surface area (Å²) in [7, 11) is 0. The zero-order valence-corrected chi connectivity index (χ0v) is 19.4. The number of hydrogen-bond acceptors (Lipinski definition) is 1. The molecule has 0 N–H and O–H groups in total. The van der Waals surface area contributed by atoms with Crippen LogP contribution >= 0.6 is 0 Å². The molecule has 1 aromatic carbocycles. The minimum absolute atomic E-state index is 0.230. The minimum atomic E-state index is -0.230. The van der Waals surface area contributed by atoms with E-state index in [4.69, 9.17) is 4.74 Å². The van der Waals surface area contributed by atoms with Crippen LogP contribution in [0, 0.1) is 23.6 Å². The Hall–Kier alpha value is -1.31. The van der Waals surface area contributed by atoms with Crippen molar-refractivity contribution in [1.82, 2.24) is 0 Å². The smallest absolute Gasteiger partial charge is 0.165 e. The molecule has 0 aromatic heterocycles. The topological polar surface area (TPSA) is 9.23 Å². The van der Waals surface area contributed by atoms with Crippen molar-refractivity contribution in [3.63, 3.8) is 0 Å². The third kappa shape index (κ3) is 7.43. The minimum Gasteiger partial charge on any atom is -0.491 e. The van der Waals surface area contributed by atoms with Crippen molar-refractivity contribution in [1.29, 1.82) is 0 Å². The number of benzene rings is 1. The number of ether oxygens (including phenoxy) is 1. The van der Waals surface area contributed by atoms with Crippen LogP contribution in [0.5, 0.6) is 5.75 Å². The molecule has 0 radical (unpaired) electrons. The van der Waals surface area contributed by atoms with Crippen LogP contribution in [-0.4, -0.2) is 6.61 Å². The van der Waals surface area contributed by atoms with E-state index in [0.717, 1.165) is 36.2 Å². The lowest BCUT2D eigenvalue weighted by Gasteiger charge is -2.30. The first-order chi connectivity index (χ1) is 14.7. The molecule has 0 aliphatic heterocycles. The molecule has 1 nitrogen and oxygen atoms in total. The Morgan fingerprint density at radius 3 is 2.27 bits per heavy atom. The zero-order chi connectivity index (χ0) is 21.2. The van der Waals surface area contributed by atoms with Crippen molar-refractivity contribution in [3.05, 3.63) is 41.2 Å². The molecular formula is C28H43FO. The monoisotopic (exact) mass is 414 g/mol. The third-order valence-corrected chi connectivity index (χ3v) is 7.56. The molecule has 1 saturated carbocycles. The molecule has 168 valence electrons. The van der Waals surface area contributed by atoms with E-state index in [1.54, 1.807) is 17.7 Å². The second-order valence-corrected chi connectivity index (χ2v) is 9.81. The lowest BCUT2D eigenvalue weighted by molar-refractivity contribution is 0.235. The second kappa shape index (κ2) is 12.5. The van der Waals surface area contributed by atoms with Gasteiger partial charge in [-0.25, -0.2) is 4.39 Å². The standard InChI is InChI=1S/C28H43FO/c1-3-5-6-22-7-9-23(10-8-22)11-12-24-13-15-25(16-14-24)17-18-26-19-20-28(30-4-2)27(29)21-26/h15,19-24H,3-14,16-18H2,1-2H3. The van der Waals surface area contributed by atoms with Gasteiger partial charge >= 0.3 is 0 Å². The van der Waals surface area contributed by atoms with E-state index in [0.29, 0.717) is 12.4 Å². The summed E-state index contributed by atoms with van der Waals surface area (Å²) in [6.45, 7) is 4.70. The first kappa shape index (κ1) is 23.4. The summed E-state index contributed by atoms with van der Waals surface area (Å²) in [5.41, 5.74) is 2.66. The molecule has 0 bridgehead atoms. The number of unbranched alkanes of at least 4 members (excludes halogenated alkanes) is 1. The molecule has 0 heterocycles. The molecule has 1 unspecified atom stereocenters. The highest BCUT2D eigenvalue weighted by molar-refractivity contribution is 5.30. The van der Waals surface area contributed by atoms with E-state index in [1.165, 1.54) is 77.0 Å². The Kier molecular flexibility index (Phi) is 9.75. The Morgan fingerprint density at radius 2 is 1.63 bits per heavy atom. The summed E-state index contributed by atoms with van der Waals surface area (Å²) in [6.07, 6.45) is 21.5. The van der Waals surface area contributed by atoms with Crippen molar-refractivity contribution < 1.29 is 9.13 Å². The van der Waals surface area contributed by atoms with Crippen molar-refractivity contribution in [3.8, 4) is 5.75 Å². The average molecular weight is 415 g/mol. The number of allylic oxidation sites excluding steroid dienone is 2. The summed E-state index contributed by atoms with van der Waals surface area (Å²) in [5, 5.41) is 0. The van der Waals surface area contributed by atoms with Gasteiger partial charge in [-0.2, -0.15) is 0 Å². The fourth-order valence-electron chi connectivity index (χ4n) is 5.48. The van der Waals surface area contributed by atoms with E-state index in [9.17, 15) is 4.39 Å². The molecule has 2 heteroatoms. The maximum absolute atomic E-state index is 14.0. The van der Waals surface area contributed by atoms with E-state index in [-0.39, 0.29) is 5.82 Å². The lowest BCUT2D eigenvalue weighted by Crippen LogP contribution is -2.16. The molecule has 30 heavy (non-hydrogen) atoms. The largest absolute Gasteiger partial charge is 0.491 e. The number of rotatable bonds is 11. The fraction of sp³-hybridized carbons (Fsp3) is 0.714. The number of hydrogen-bond donors (Lipinski definition) is 0. The second-order valence-electron chi connectivity index (χ2n) is 9.81. The van der Waals surface area contributed by atoms with Crippen molar-refractivity contribution >= 4 is 0 Å². The van der Waals surface area contributed by atoms with Gasteiger partial charge in [0.1, 0.15) is 0 Å². The third-order valence-electron chi connectivity index (χ3n) is 7.56. The van der Waals surface area contributed by atoms with Crippen LogP contribution in [0.25, 0.3) is 0 Å². The molecule has 0 saturated heterocycles. The van der Waals surface area contributed by atoms with Crippen LogP contribution in [0.2, 0.25) is 0 Å². The van der Waals surface area contributed by atoms with Gasteiger partial charge in [-0.15, -0.1) is 0 Å². The zero-order valence-electron chi connectivity index (χ0n) is 19.4. The first-order valence-corrected chi connectivity index (χ1v) is 12.8. The summed E-state index contributed by atoms with van der Waals surface area (Å²) in [5.74, 6) is 3.07. The van der Waals surface area contributed by atoms with Crippen LogP contribution in [0.3, 0.4) is 0 Å². The Balaban J connectivity index is 1.33. The van der Waals surface area contributed by atoms with Crippen LogP contribution in [0.15, 0.2) is 29.8 Å². The van der Waals surface area contributed by atoms with Gasteiger partial charge in [0, 0.05) is 0 Å². The molecule has 2 aliphatic carbocycles. The number of halogens is 1. The SMILES string of the molecule is CCCCC1CCC(CCC2CC=C(CCc3ccc(OCC)c(F)c3)CC2)CC1. The average Bonchev–Trinajstić information content (AvgIpc) is 2.78. The molecule has 1 atom stereocenters. The van der Waals surface area contributed by atoms with Crippen LogP contribution < -0.4 is 4.74 Å². The Bertz CT molecular complexity index is 657.